The number of likely N-dealkylation sites (tertiary alicyclic amines) is 1. The first-order valence-electron chi connectivity index (χ1n) is 8.01. The average molecular weight is 343 g/mol. The van der Waals surface area contributed by atoms with Gasteiger partial charge in [-0.05, 0) is 42.9 Å². The largest absolute Gasteiger partial charge is 0.364 e. The minimum atomic E-state index is -0.394. The molecule has 2 heterocycles. The van der Waals surface area contributed by atoms with Gasteiger partial charge in [0.05, 0.1) is 12.1 Å². The van der Waals surface area contributed by atoms with Gasteiger partial charge < -0.3 is 15.4 Å². The Morgan fingerprint density at radius 1 is 1.39 bits per heavy atom. The number of nitrogens with two attached hydrogens (primary N) is 1. The fourth-order valence-electron chi connectivity index (χ4n) is 3.64. The Hall–Kier alpha value is -1.17. The van der Waals surface area contributed by atoms with E-state index in [0.29, 0.717) is 19.0 Å². The lowest BCUT2D eigenvalue weighted by molar-refractivity contribution is -0.144. The fourth-order valence-corrected chi connectivity index (χ4v) is 3.64. The zero-order valence-corrected chi connectivity index (χ0v) is 14.1. The van der Waals surface area contributed by atoms with E-state index in [9.17, 15) is 9.18 Å². The summed E-state index contributed by atoms with van der Waals surface area (Å²) in [6.07, 6.45) is 2.08. The maximum absolute atomic E-state index is 13.5. The Labute approximate surface area is 142 Å². The van der Waals surface area contributed by atoms with Gasteiger partial charge in [0.2, 0.25) is 0 Å². The molecule has 2 N–H and O–H groups in total. The predicted octanol–water partition coefficient (Wildman–Crippen LogP) is 2.66. The summed E-state index contributed by atoms with van der Waals surface area (Å²) < 4.78 is 19.3. The summed E-state index contributed by atoms with van der Waals surface area (Å²) in [5.41, 5.74) is 6.48. The minimum absolute atomic E-state index is 0. The third-order valence-electron chi connectivity index (χ3n) is 4.82. The smallest absolute Gasteiger partial charge is 0.252 e. The molecule has 0 radical (unpaired) electrons. The van der Waals surface area contributed by atoms with Crippen LogP contribution in [0.15, 0.2) is 24.3 Å². The van der Waals surface area contributed by atoms with E-state index < -0.39 is 6.10 Å². The lowest BCUT2D eigenvalue weighted by Gasteiger charge is -2.29. The van der Waals surface area contributed by atoms with E-state index in [4.69, 9.17) is 10.5 Å². The molecule has 1 aromatic rings. The van der Waals surface area contributed by atoms with Crippen LogP contribution >= 0.6 is 12.4 Å². The van der Waals surface area contributed by atoms with Crippen molar-refractivity contribution in [3.63, 3.8) is 0 Å². The summed E-state index contributed by atoms with van der Waals surface area (Å²) in [6.45, 7) is 3.27. The summed E-state index contributed by atoms with van der Waals surface area (Å²) in [7, 11) is 0. The molecule has 3 rings (SSSR count). The molecule has 2 fully saturated rings. The maximum Gasteiger partial charge on any atom is 0.252 e. The number of ether oxygens (including phenoxy) is 1. The van der Waals surface area contributed by atoms with Gasteiger partial charge in [-0.2, -0.15) is 0 Å². The number of carbonyl (C=O) groups is 1. The second kappa shape index (κ2) is 7.60. The van der Waals surface area contributed by atoms with Crippen LogP contribution in [0.3, 0.4) is 0 Å². The van der Waals surface area contributed by atoms with E-state index in [1.54, 1.807) is 6.07 Å². The Bertz CT molecular complexity index is 557. The highest BCUT2D eigenvalue weighted by molar-refractivity contribution is 5.85. The Morgan fingerprint density at radius 3 is 2.83 bits per heavy atom. The maximum atomic E-state index is 13.5. The SMILES string of the molecule is CC1CCN(C(=O)[C@@H]2CC[C@H](CN)O2)C1c1cccc(F)c1.Cl. The highest BCUT2D eigenvalue weighted by Crippen LogP contribution is 2.38. The minimum Gasteiger partial charge on any atom is -0.364 e. The summed E-state index contributed by atoms with van der Waals surface area (Å²) in [6, 6.07) is 6.50. The molecule has 6 heteroatoms. The van der Waals surface area contributed by atoms with Crippen molar-refractivity contribution in [1.29, 1.82) is 0 Å². The molecule has 2 saturated heterocycles. The van der Waals surface area contributed by atoms with Crippen molar-refractivity contribution in [2.45, 2.75) is 44.4 Å². The van der Waals surface area contributed by atoms with Crippen molar-refractivity contribution in [2.24, 2.45) is 11.7 Å². The molecular weight excluding hydrogens is 319 g/mol. The van der Waals surface area contributed by atoms with E-state index in [1.807, 2.05) is 11.0 Å². The number of hydrogen-bond acceptors (Lipinski definition) is 3. The van der Waals surface area contributed by atoms with Crippen LogP contribution in [-0.4, -0.2) is 36.1 Å². The molecule has 2 aliphatic heterocycles. The Kier molecular flexibility index (Phi) is 6.00. The highest BCUT2D eigenvalue weighted by atomic mass is 35.5. The molecule has 4 nitrogen and oxygen atoms in total. The van der Waals surface area contributed by atoms with Gasteiger partial charge in [-0.3, -0.25) is 4.79 Å². The van der Waals surface area contributed by atoms with Crippen LogP contribution in [-0.2, 0) is 9.53 Å². The van der Waals surface area contributed by atoms with Crippen molar-refractivity contribution in [2.75, 3.05) is 13.1 Å². The molecular formula is C17H24ClFN2O2. The van der Waals surface area contributed by atoms with Crippen molar-refractivity contribution in [1.82, 2.24) is 4.90 Å². The number of hydrogen-bond donors (Lipinski definition) is 1. The lowest BCUT2D eigenvalue weighted by Crippen LogP contribution is -2.40. The van der Waals surface area contributed by atoms with Crippen molar-refractivity contribution >= 4 is 18.3 Å². The van der Waals surface area contributed by atoms with Gasteiger partial charge >= 0.3 is 0 Å². The molecule has 0 aliphatic carbocycles. The number of amides is 1. The van der Waals surface area contributed by atoms with E-state index in [-0.39, 0.29) is 36.3 Å². The summed E-state index contributed by atoms with van der Waals surface area (Å²) in [5, 5.41) is 0. The molecule has 2 aliphatic rings. The number of rotatable bonds is 3. The number of halogens is 2. The number of carbonyl (C=O) groups excluding carboxylic acids is 1. The monoisotopic (exact) mass is 342 g/mol. The van der Waals surface area contributed by atoms with Gasteiger partial charge in [0.25, 0.3) is 5.91 Å². The molecule has 1 amide bonds. The zero-order valence-electron chi connectivity index (χ0n) is 13.3. The van der Waals surface area contributed by atoms with Gasteiger partial charge in [0.15, 0.2) is 0 Å². The average Bonchev–Trinajstić information content (AvgIpc) is 3.13. The van der Waals surface area contributed by atoms with Crippen LogP contribution in [0.5, 0.6) is 0 Å². The van der Waals surface area contributed by atoms with E-state index >= 15 is 0 Å². The summed E-state index contributed by atoms with van der Waals surface area (Å²) >= 11 is 0. The van der Waals surface area contributed by atoms with Crippen molar-refractivity contribution in [3.05, 3.63) is 35.6 Å². The van der Waals surface area contributed by atoms with E-state index in [0.717, 1.165) is 24.8 Å². The van der Waals surface area contributed by atoms with Crippen LogP contribution in [0.4, 0.5) is 4.39 Å². The van der Waals surface area contributed by atoms with Crippen LogP contribution in [0.2, 0.25) is 0 Å². The molecule has 23 heavy (non-hydrogen) atoms. The van der Waals surface area contributed by atoms with Gasteiger partial charge in [-0.15, -0.1) is 12.4 Å². The lowest BCUT2D eigenvalue weighted by atomic mass is 9.95. The van der Waals surface area contributed by atoms with Crippen LogP contribution in [0.25, 0.3) is 0 Å². The third kappa shape index (κ3) is 3.67. The topological polar surface area (TPSA) is 55.6 Å². The van der Waals surface area contributed by atoms with Gasteiger partial charge in [-0.25, -0.2) is 4.39 Å². The molecule has 0 aromatic heterocycles. The van der Waals surface area contributed by atoms with Crippen molar-refractivity contribution in [3.8, 4) is 0 Å². The molecule has 0 bridgehead atoms. The van der Waals surface area contributed by atoms with E-state index in [2.05, 4.69) is 6.92 Å². The second-order valence-electron chi connectivity index (χ2n) is 6.36. The standard InChI is InChI=1S/C17H23FN2O2.ClH/c1-11-7-8-20(16(11)12-3-2-4-13(18)9-12)17(21)15-6-5-14(10-19)22-15;/h2-4,9,11,14-16H,5-8,10,19H2,1H3;1H/t11?,14-,15+,16?;/m1./s1. The molecule has 128 valence electrons. The third-order valence-corrected chi connectivity index (χ3v) is 4.82. The molecule has 4 atom stereocenters. The molecule has 0 saturated carbocycles. The first-order valence-corrected chi connectivity index (χ1v) is 8.01. The Morgan fingerprint density at radius 2 is 2.17 bits per heavy atom. The van der Waals surface area contributed by atoms with Gasteiger partial charge in [0, 0.05) is 13.1 Å². The second-order valence-corrected chi connectivity index (χ2v) is 6.36. The first-order chi connectivity index (χ1) is 10.6. The van der Waals surface area contributed by atoms with Crippen LogP contribution < -0.4 is 5.73 Å². The van der Waals surface area contributed by atoms with Crippen LogP contribution in [0, 0.1) is 11.7 Å². The fraction of sp³-hybridized carbons (Fsp3) is 0.588. The quantitative estimate of drug-likeness (QED) is 0.918. The zero-order chi connectivity index (χ0) is 15.7. The Balaban J connectivity index is 0.00000192. The van der Waals surface area contributed by atoms with Crippen LogP contribution in [0.1, 0.15) is 37.8 Å². The number of nitrogens with zero attached hydrogens (tertiary/aromatic N) is 1. The number of benzene rings is 1. The van der Waals surface area contributed by atoms with Gasteiger partial charge in [-0.1, -0.05) is 19.1 Å². The molecule has 1 aromatic carbocycles. The summed E-state index contributed by atoms with van der Waals surface area (Å²) in [4.78, 5) is 14.7. The van der Waals surface area contributed by atoms with Gasteiger partial charge in [0.1, 0.15) is 11.9 Å². The molecule has 2 unspecified atom stereocenters. The predicted molar refractivity (Wildman–Crippen MR) is 88.8 cm³/mol. The van der Waals surface area contributed by atoms with E-state index in [1.165, 1.54) is 12.1 Å². The molecule has 0 spiro atoms. The first kappa shape index (κ1) is 18.2. The highest BCUT2D eigenvalue weighted by Gasteiger charge is 2.40. The normalized spacial score (nSPS) is 30.3. The van der Waals surface area contributed by atoms with Crippen molar-refractivity contribution < 1.29 is 13.9 Å². The summed E-state index contributed by atoms with van der Waals surface area (Å²) in [5.74, 6) is 0.0799.